The molecule has 0 aliphatic carbocycles. The highest BCUT2D eigenvalue weighted by molar-refractivity contribution is 5.80. The van der Waals surface area contributed by atoms with Crippen LogP contribution >= 0.6 is 0 Å². The van der Waals surface area contributed by atoms with E-state index in [0.29, 0.717) is 0 Å². The molecule has 6 heteroatoms. The van der Waals surface area contributed by atoms with Gasteiger partial charge in [0.1, 0.15) is 6.17 Å². The van der Waals surface area contributed by atoms with Crippen molar-refractivity contribution in [2.75, 3.05) is 14.1 Å². The molecule has 0 saturated carbocycles. The zero-order valence-electron chi connectivity index (χ0n) is 10.0. The molecule has 2 aliphatic rings. The second-order valence-corrected chi connectivity index (χ2v) is 4.67. The molecule has 2 rings (SSSR count). The number of carbonyl (C=O) groups excluding carboxylic acids is 2. The molecule has 2 fully saturated rings. The van der Waals surface area contributed by atoms with E-state index in [0.717, 1.165) is 0 Å². The summed E-state index contributed by atoms with van der Waals surface area (Å²) in [6.45, 7) is 3.99. The summed E-state index contributed by atoms with van der Waals surface area (Å²) in [4.78, 5) is 26.5. The molecule has 0 bridgehead atoms. The van der Waals surface area contributed by atoms with Gasteiger partial charge in [-0.1, -0.05) is 0 Å². The fourth-order valence-electron chi connectivity index (χ4n) is 2.60. The van der Waals surface area contributed by atoms with Crippen molar-refractivity contribution in [1.82, 2.24) is 20.4 Å². The summed E-state index contributed by atoms with van der Waals surface area (Å²) >= 11 is 0. The summed E-state index contributed by atoms with van der Waals surface area (Å²) in [5, 5.41) is 5.76. The van der Waals surface area contributed by atoms with Crippen molar-refractivity contribution in [3.8, 4) is 0 Å². The van der Waals surface area contributed by atoms with Crippen LogP contribution in [0.1, 0.15) is 13.8 Å². The van der Waals surface area contributed by atoms with E-state index in [9.17, 15) is 9.59 Å². The van der Waals surface area contributed by atoms with Crippen LogP contribution in [0.25, 0.3) is 0 Å². The molecule has 90 valence electrons. The smallest absolute Gasteiger partial charge is 0.319 e. The van der Waals surface area contributed by atoms with Gasteiger partial charge in [-0.15, -0.1) is 0 Å². The summed E-state index contributed by atoms with van der Waals surface area (Å²) in [6.07, 6.45) is -0.206. The van der Waals surface area contributed by atoms with Crippen LogP contribution in [-0.4, -0.2) is 54.2 Å². The molecule has 6 nitrogen and oxygen atoms in total. The number of amides is 4. The first-order valence-electron chi connectivity index (χ1n) is 5.50. The number of nitrogens with one attached hydrogen (secondary N) is 2. The number of fused-ring (bicyclic) bond motifs is 1. The zero-order valence-corrected chi connectivity index (χ0v) is 10.0. The van der Waals surface area contributed by atoms with E-state index >= 15 is 0 Å². The Hall–Kier alpha value is -1.46. The minimum Gasteiger partial charge on any atom is -0.335 e. The third kappa shape index (κ3) is 1.40. The van der Waals surface area contributed by atoms with Crippen molar-refractivity contribution in [1.29, 1.82) is 0 Å². The molecule has 0 aromatic carbocycles. The maximum atomic E-state index is 11.7. The lowest BCUT2D eigenvalue weighted by Gasteiger charge is -2.51. The standard InChI is InChI=1S/C10H18N4O2/c1-5-7-6(2)13(3)10(16)12-8(7)14(4)9(15)11-5/h5-8H,1-4H3,(H,11,15)(H,12,16)/t5-,6+,7-,8-/m1/s1. The normalized spacial score (nSPS) is 39.0. The predicted octanol–water partition coefficient (Wildman–Crippen LogP) is 0.0157. The van der Waals surface area contributed by atoms with Crippen LogP contribution in [0.2, 0.25) is 0 Å². The second kappa shape index (κ2) is 3.54. The molecule has 0 aromatic heterocycles. The number of carbonyl (C=O) groups is 2. The third-order valence-electron chi connectivity index (χ3n) is 3.79. The van der Waals surface area contributed by atoms with Crippen molar-refractivity contribution in [2.24, 2.45) is 5.92 Å². The molecule has 2 N–H and O–H groups in total. The molecule has 16 heavy (non-hydrogen) atoms. The van der Waals surface area contributed by atoms with E-state index in [-0.39, 0.29) is 36.2 Å². The van der Waals surface area contributed by atoms with E-state index in [1.165, 1.54) is 0 Å². The van der Waals surface area contributed by atoms with E-state index in [1.54, 1.807) is 23.9 Å². The van der Waals surface area contributed by atoms with Crippen LogP contribution in [0.3, 0.4) is 0 Å². The van der Waals surface area contributed by atoms with Crippen LogP contribution in [0.15, 0.2) is 0 Å². The summed E-state index contributed by atoms with van der Waals surface area (Å²) < 4.78 is 0. The van der Waals surface area contributed by atoms with Crippen molar-refractivity contribution in [3.63, 3.8) is 0 Å². The van der Waals surface area contributed by atoms with Crippen LogP contribution in [0.5, 0.6) is 0 Å². The lowest BCUT2D eigenvalue weighted by Crippen LogP contribution is -2.73. The van der Waals surface area contributed by atoms with Crippen LogP contribution < -0.4 is 10.6 Å². The fourth-order valence-corrected chi connectivity index (χ4v) is 2.60. The number of hydrogen-bond donors (Lipinski definition) is 2. The topological polar surface area (TPSA) is 64.7 Å². The van der Waals surface area contributed by atoms with Gasteiger partial charge in [0, 0.05) is 32.1 Å². The highest BCUT2D eigenvalue weighted by Gasteiger charge is 2.47. The Balaban J connectivity index is 2.29. The lowest BCUT2D eigenvalue weighted by atomic mass is 9.86. The summed E-state index contributed by atoms with van der Waals surface area (Å²) in [6, 6.07) is -0.0862. The van der Waals surface area contributed by atoms with Gasteiger partial charge >= 0.3 is 12.1 Å². The largest absolute Gasteiger partial charge is 0.335 e. The first-order chi connectivity index (χ1) is 7.43. The van der Waals surface area contributed by atoms with Crippen LogP contribution in [-0.2, 0) is 0 Å². The third-order valence-corrected chi connectivity index (χ3v) is 3.79. The highest BCUT2D eigenvalue weighted by atomic mass is 16.2. The molecule has 2 aliphatic heterocycles. The van der Waals surface area contributed by atoms with Gasteiger partial charge in [0.05, 0.1) is 0 Å². The first-order valence-corrected chi connectivity index (χ1v) is 5.50. The van der Waals surface area contributed by atoms with Gasteiger partial charge in [-0.05, 0) is 13.8 Å². The average Bonchev–Trinajstić information content (AvgIpc) is 2.22. The van der Waals surface area contributed by atoms with E-state index in [4.69, 9.17) is 0 Å². The predicted molar refractivity (Wildman–Crippen MR) is 58.8 cm³/mol. The lowest BCUT2D eigenvalue weighted by molar-refractivity contribution is 0.0318. The number of nitrogens with zero attached hydrogens (tertiary/aromatic N) is 2. The van der Waals surface area contributed by atoms with Gasteiger partial charge in [0.25, 0.3) is 0 Å². The quantitative estimate of drug-likeness (QED) is 0.611. The van der Waals surface area contributed by atoms with Crippen LogP contribution in [0, 0.1) is 5.92 Å². The molecule has 0 unspecified atom stereocenters. The highest BCUT2D eigenvalue weighted by Crippen LogP contribution is 2.27. The maximum absolute atomic E-state index is 11.7. The van der Waals surface area contributed by atoms with Gasteiger partial charge < -0.3 is 20.4 Å². The van der Waals surface area contributed by atoms with Gasteiger partial charge in [0.15, 0.2) is 0 Å². The molecule has 4 atom stereocenters. The number of rotatable bonds is 0. The molecule has 0 aromatic rings. The van der Waals surface area contributed by atoms with E-state index in [2.05, 4.69) is 10.6 Å². The Morgan fingerprint density at radius 2 is 1.56 bits per heavy atom. The summed E-state index contributed by atoms with van der Waals surface area (Å²) in [7, 11) is 3.48. The van der Waals surface area contributed by atoms with E-state index < -0.39 is 0 Å². The number of hydrogen-bond acceptors (Lipinski definition) is 2. The van der Waals surface area contributed by atoms with Gasteiger partial charge in [0.2, 0.25) is 0 Å². The fraction of sp³-hybridized carbons (Fsp3) is 0.800. The van der Waals surface area contributed by atoms with Crippen molar-refractivity contribution < 1.29 is 9.59 Å². The average molecular weight is 226 g/mol. The van der Waals surface area contributed by atoms with Gasteiger partial charge in [-0.2, -0.15) is 0 Å². The summed E-state index contributed by atoms with van der Waals surface area (Å²) in [5.74, 6) is 0.199. The molecular formula is C10H18N4O2. The Kier molecular flexibility index (Phi) is 2.44. The monoisotopic (exact) mass is 226 g/mol. The van der Waals surface area contributed by atoms with Crippen molar-refractivity contribution in [2.45, 2.75) is 32.1 Å². The SMILES string of the molecule is C[C@H]1NC(=O)N(C)[C@H]2NC(=O)N(C)[C@@H](C)[C@@H]12. The minimum atomic E-state index is -0.206. The molecule has 4 amide bonds. The van der Waals surface area contributed by atoms with Gasteiger partial charge in [-0.25, -0.2) is 9.59 Å². The zero-order chi connectivity index (χ0) is 12.0. The van der Waals surface area contributed by atoms with Crippen LogP contribution in [0.4, 0.5) is 9.59 Å². The second-order valence-electron chi connectivity index (χ2n) is 4.67. The minimum absolute atomic E-state index is 0.0618. The Morgan fingerprint density at radius 1 is 1.00 bits per heavy atom. The number of urea groups is 2. The maximum Gasteiger partial charge on any atom is 0.319 e. The Morgan fingerprint density at radius 3 is 2.19 bits per heavy atom. The Bertz CT molecular complexity index is 333. The van der Waals surface area contributed by atoms with Gasteiger partial charge in [-0.3, -0.25) is 0 Å². The molecular weight excluding hydrogens is 208 g/mol. The Labute approximate surface area is 95.0 Å². The first kappa shape index (κ1) is 11.0. The van der Waals surface area contributed by atoms with Crippen molar-refractivity contribution in [3.05, 3.63) is 0 Å². The summed E-state index contributed by atoms with van der Waals surface area (Å²) in [5.41, 5.74) is 0. The molecule has 2 heterocycles. The molecule has 0 radical (unpaired) electrons. The van der Waals surface area contributed by atoms with E-state index in [1.807, 2.05) is 13.8 Å². The van der Waals surface area contributed by atoms with Crippen molar-refractivity contribution >= 4 is 12.1 Å². The molecule has 0 spiro atoms. The molecule has 2 saturated heterocycles.